The molecule has 1 amide bonds. The van der Waals surface area contributed by atoms with Crippen molar-refractivity contribution in [3.8, 4) is 12.3 Å². The molecule has 0 spiro atoms. The van der Waals surface area contributed by atoms with Gasteiger partial charge in [-0.05, 0) is 13.3 Å². The SMILES string of the molecule is C#CC.CCCOC(N)=O. The van der Waals surface area contributed by atoms with E-state index >= 15 is 0 Å². The zero-order chi connectivity index (χ0) is 8.41. The topological polar surface area (TPSA) is 52.3 Å². The van der Waals surface area contributed by atoms with Crippen LogP contribution in [-0.2, 0) is 4.74 Å². The number of hydrogen-bond donors (Lipinski definition) is 1. The molecule has 0 aromatic rings. The van der Waals surface area contributed by atoms with Crippen LogP contribution in [0.1, 0.15) is 20.3 Å². The Labute approximate surface area is 61.5 Å². The maximum atomic E-state index is 9.76. The van der Waals surface area contributed by atoms with E-state index in [2.05, 4.69) is 22.8 Å². The minimum absolute atomic E-state index is 0.426. The summed E-state index contributed by atoms with van der Waals surface area (Å²) in [4.78, 5) is 9.76. The summed E-state index contributed by atoms with van der Waals surface area (Å²) in [6.07, 6.45) is 4.73. The summed E-state index contributed by atoms with van der Waals surface area (Å²) in [5.41, 5.74) is 4.62. The van der Waals surface area contributed by atoms with Gasteiger partial charge in [-0.2, -0.15) is 0 Å². The molecular weight excluding hydrogens is 130 g/mol. The Kier molecular flexibility index (Phi) is 12.5. The van der Waals surface area contributed by atoms with Crippen LogP contribution in [0.3, 0.4) is 0 Å². The lowest BCUT2D eigenvalue weighted by molar-refractivity contribution is 0.157. The summed E-state index contributed by atoms with van der Waals surface area (Å²) in [5.74, 6) is 2.25. The molecule has 0 saturated heterocycles. The number of terminal acetylenes is 1. The minimum atomic E-state index is -0.693. The first-order valence-corrected chi connectivity index (χ1v) is 2.98. The van der Waals surface area contributed by atoms with Crippen LogP contribution in [0.4, 0.5) is 4.79 Å². The zero-order valence-electron chi connectivity index (χ0n) is 6.39. The van der Waals surface area contributed by atoms with E-state index < -0.39 is 6.09 Å². The average Bonchev–Trinajstić information content (AvgIpc) is 1.85. The number of primary amides is 1. The molecule has 0 heterocycles. The molecule has 10 heavy (non-hydrogen) atoms. The molecule has 0 aromatic carbocycles. The Bertz CT molecular complexity index is 115. The first-order valence-electron chi connectivity index (χ1n) is 2.98. The molecule has 58 valence electrons. The predicted molar refractivity (Wildman–Crippen MR) is 40.3 cm³/mol. The molecule has 0 fully saturated rings. The van der Waals surface area contributed by atoms with Crippen LogP contribution in [0.5, 0.6) is 0 Å². The highest BCUT2D eigenvalue weighted by Crippen LogP contribution is 1.76. The van der Waals surface area contributed by atoms with Crippen LogP contribution in [0.25, 0.3) is 0 Å². The van der Waals surface area contributed by atoms with Crippen molar-refractivity contribution in [2.45, 2.75) is 20.3 Å². The monoisotopic (exact) mass is 143 g/mol. The van der Waals surface area contributed by atoms with E-state index in [1.54, 1.807) is 6.92 Å². The summed E-state index contributed by atoms with van der Waals surface area (Å²) >= 11 is 0. The highest BCUT2D eigenvalue weighted by Gasteiger charge is 1.86. The third-order valence-electron chi connectivity index (χ3n) is 0.448. The van der Waals surface area contributed by atoms with E-state index in [1.165, 1.54) is 0 Å². The summed E-state index contributed by atoms with van der Waals surface area (Å²) < 4.78 is 4.33. The lowest BCUT2D eigenvalue weighted by atomic mass is 10.5. The summed E-state index contributed by atoms with van der Waals surface area (Å²) in [7, 11) is 0. The highest BCUT2D eigenvalue weighted by atomic mass is 16.5. The van der Waals surface area contributed by atoms with Crippen molar-refractivity contribution in [2.24, 2.45) is 5.73 Å². The number of hydrogen-bond acceptors (Lipinski definition) is 2. The molecule has 0 aliphatic rings. The van der Waals surface area contributed by atoms with E-state index in [9.17, 15) is 4.79 Å². The van der Waals surface area contributed by atoms with Gasteiger partial charge in [-0.3, -0.25) is 0 Å². The molecule has 3 nitrogen and oxygen atoms in total. The molecule has 0 aliphatic heterocycles. The number of carbonyl (C=O) groups excluding carboxylic acids is 1. The number of carbonyl (C=O) groups is 1. The van der Waals surface area contributed by atoms with Crippen LogP contribution in [0, 0.1) is 12.3 Å². The van der Waals surface area contributed by atoms with Crippen molar-refractivity contribution in [1.82, 2.24) is 0 Å². The van der Waals surface area contributed by atoms with Gasteiger partial charge in [-0.25, -0.2) is 4.79 Å². The van der Waals surface area contributed by atoms with Gasteiger partial charge in [0.05, 0.1) is 6.61 Å². The molecule has 0 atom stereocenters. The van der Waals surface area contributed by atoms with Crippen molar-refractivity contribution in [3.63, 3.8) is 0 Å². The fourth-order valence-corrected chi connectivity index (χ4v) is 0.203. The van der Waals surface area contributed by atoms with Crippen LogP contribution in [0.15, 0.2) is 0 Å². The number of rotatable bonds is 2. The lowest BCUT2D eigenvalue weighted by Gasteiger charge is -1.93. The fourth-order valence-electron chi connectivity index (χ4n) is 0.203. The molecule has 3 heteroatoms. The molecule has 0 aliphatic carbocycles. The second-order valence-electron chi connectivity index (χ2n) is 1.46. The number of ether oxygens (including phenoxy) is 1. The van der Waals surface area contributed by atoms with Crippen LogP contribution >= 0.6 is 0 Å². The molecule has 0 aromatic heterocycles. The maximum absolute atomic E-state index is 9.76. The Morgan fingerprint density at radius 3 is 2.30 bits per heavy atom. The van der Waals surface area contributed by atoms with Gasteiger partial charge in [0.15, 0.2) is 0 Å². The lowest BCUT2D eigenvalue weighted by Crippen LogP contribution is -2.12. The van der Waals surface area contributed by atoms with Crippen LogP contribution in [-0.4, -0.2) is 12.7 Å². The Morgan fingerprint density at radius 1 is 1.80 bits per heavy atom. The quantitative estimate of drug-likeness (QED) is 0.589. The van der Waals surface area contributed by atoms with E-state index in [0.29, 0.717) is 6.61 Å². The first kappa shape index (κ1) is 11.6. The van der Waals surface area contributed by atoms with Gasteiger partial charge in [0.25, 0.3) is 0 Å². The van der Waals surface area contributed by atoms with E-state index in [0.717, 1.165) is 6.42 Å². The van der Waals surface area contributed by atoms with Gasteiger partial charge in [0.1, 0.15) is 0 Å². The molecule has 0 bridgehead atoms. The van der Waals surface area contributed by atoms with Gasteiger partial charge in [0, 0.05) is 0 Å². The largest absolute Gasteiger partial charge is 0.450 e. The molecule has 0 rings (SSSR count). The van der Waals surface area contributed by atoms with Crippen LogP contribution in [0.2, 0.25) is 0 Å². The smallest absolute Gasteiger partial charge is 0.404 e. The molecule has 0 radical (unpaired) electrons. The van der Waals surface area contributed by atoms with Gasteiger partial charge in [-0.1, -0.05) is 6.92 Å². The van der Waals surface area contributed by atoms with Gasteiger partial charge in [0.2, 0.25) is 0 Å². The summed E-state index contributed by atoms with van der Waals surface area (Å²) in [6, 6.07) is 0. The van der Waals surface area contributed by atoms with Crippen molar-refractivity contribution < 1.29 is 9.53 Å². The van der Waals surface area contributed by atoms with Crippen molar-refractivity contribution in [2.75, 3.05) is 6.61 Å². The second-order valence-corrected chi connectivity index (χ2v) is 1.46. The highest BCUT2D eigenvalue weighted by molar-refractivity contribution is 5.64. The number of nitrogens with two attached hydrogens (primary N) is 1. The molecule has 0 unspecified atom stereocenters. The van der Waals surface area contributed by atoms with Gasteiger partial charge < -0.3 is 10.5 Å². The average molecular weight is 143 g/mol. The Hall–Kier alpha value is -1.17. The normalized spacial score (nSPS) is 6.50. The van der Waals surface area contributed by atoms with Crippen molar-refractivity contribution in [3.05, 3.63) is 0 Å². The van der Waals surface area contributed by atoms with Crippen LogP contribution < -0.4 is 5.73 Å². The summed E-state index contributed by atoms with van der Waals surface area (Å²) in [5, 5.41) is 0. The van der Waals surface area contributed by atoms with Crippen molar-refractivity contribution in [1.29, 1.82) is 0 Å². The third-order valence-corrected chi connectivity index (χ3v) is 0.448. The Balaban J connectivity index is 0. The van der Waals surface area contributed by atoms with Crippen molar-refractivity contribution >= 4 is 6.09 Å². The second kappa shape index (κ2) is 10.7. The first-order chi connectivity index (χ1) is 4.68. The summed E-state index contributed by atoms with van der Waals surface area (Å²) in [6.45, 7) is 3.98. The molecule has 0 saturated carbocycles. The molecule has 2 N–H and O–H groups in total. The third kappa shape index (κ3) is 29.0. The fraction of sp³-hybridized carbons (Fsp3) is 0.571. The maximum Gasteiger partial charge on any atom is 0.404 e. The van der Waals surface area contributed by atoms with Gasteiger partial charge in [-0.15, -0.1) is 12.3 Å². The predicted octanol–water partition coefficient (Wildman–Crippen LogP) is 1.13. The molecular formula is C7H13NO2. The van der Waals surface area contributed by atoms with E-state index in [1.807, 2.05) is 6.92 Å². The van der Waals surface area contributed by atoms with E-state index in [4.69, 9.17) is 0 Å². The minimum Gasteiger partial charge on any atom is -0.450 e. The van der Waals surface area contributed by atoms with Gasteiger partial charge >= 0.3 is 6.09 Å². The number of amides is 1. The Morgan fingerprint density at radius 2 is 2.20 bits per heavy atom. The zero-order valence-corrected chi connectivity index (χ0v) is 6.39. The standard InChI is InChI=1S/C4H9NO2.C3H4/c1-2-3-7-4(5)6;1-3-2/h2-3H2,1H3,(H2,5,6);1H,2H3. The van der Waals surface area contributed by atoms with E-state index in [-0.39, 0.29) is 0 Å².